The zero-order valence-corrected chi connectivity index (χ0v) is 38.3. The SMILES string of the molecule is CC/C=C\C/C=C\C/C=C\CCCCCCCCCC(=O)OCC(COC(=O)CCCCCCCCC)OC(=O)CCCCCCC/C=C\CCCCCCCCC. The van der Waals surface area contributed by atoms with Crippen LogP contribution in [0.1, 0.15) is 245 Å². The summed E-state index contributed by atoms with van der Waals surface area (Å²) in [6, 6.07) is 0. The minimum absolute atomic E-state index is 0.0788. The van der Waals surface area contributed by atoms with Gasteiger partial charge >= 0.3 is 17.9 Å². The van der Waals surface area contributed by atoms with Gasteiger partial charge in [0.15, 0.2) is 6.10 Å². The van der Waals surface area contributed by atoms with Crippen LogP contribution >= 0.6 is 0 Å². The Morgan fingerprint density at radius 3 is 1.07 bits per heavy atom. The molecule has 0 aliphatic heterocycles. The molecule has 0 aliphatic carbocycles. The third kappa shape index (κ3) is 44.5. The van der Waals surface area contributed by atoms with Gasteiger partial charge in [-0.05, 0) is 77.0 Å². The monoisotopic (exact) mass is 813 g/mol. The molecule has 0 aromatic rings. The van der Waals surface area contributed by atoms with Gasteiger partial charge in [0.2, 0.25) is 0 Å². The van der Waals surface area contributed by atoms with E-state index in [0.717, 1.165) is 89.9 Å². The molecule has 0 saturated heterocycles. The van der Waals surface area contributed by atoms with E-state index >= 15 is 0 Å². The van der Waals surface area contributed by atoms with Crippen molar-refractivity contribution in [2.45, 2.75) is 252 Å². The fraction of sp³-hybridized carbons (Fsp3) is 0.788. The summed E-state index contributed by atoms with van der Waals surface area (Å²) in [6.45, 7) is 6.47. The molecule has 0 rings (SSSR count). The van der Waals surface area contributed by atoms with Crippen molar-refractivity contribution >= 4 is 17.9 Å². The van der Waals surface area contributed by atoms with Gasteiger partial charge < -0.3 is 14.2 Å². The number of hydrogen-bond acceptors (Lipinski definition) is 6. The Morgan fingerprint density at radius 2 is 0.672 bits per heavy atom. The van der Waals surface area contributed by atoms with Gasteiger partial charge in [-0.25, -0.2) is 0 Å². The second-order valence-electron chi connectivity index (χ2n) is 16.3. The first-order valence-corrected chi connectivity index (χ1v) is 24.6. The normalized spacial score (nSPS) is 12.4. The zero-order chi connectivity index (χ0) is 42.3. The molecular weight excluding hydrogens is 721 g/mol. The average molecular weight is 813 g/mol. The maximum absolute atomic E-state index is 12.7. The van der Waals surface area contributed by atoms with Crippen LogP contribution in [0.4, 0.5) is 0 Å². The van der Waals surface area contributed by atoms with Gasteiger partial charge in [0, 0.05) is 19.3 Å². The summed E-state index contributed by atoms with van der Waals surface area (Å²) in [5.41, 5.74) is 0. The zero-order valence-electron chi connectivity index (χ0n) is 38.3. The molecule has 0 amide bonds. The van der Waals surface area contributed by atoms with Crippen molar-refractivity contribution in [2.75, 3.05) is 13.2 Å². The molecule has 336 valence electrons. The predicted molar refractivity (Wildman–Crippen MR) is 247 cm³/mol. The summed E-state index contributed by atoms with van der Waals surface area (Å²) in [6.07, 6.45) is 55.3. The van der Waals surface area contributed by atoms with Crippen LogP contribution < -0.4 is 0 Å². The molecule has 0 aliphatic rings. The molecular formula is C52H92O6. The summed E-state index contributed by atoms with van der Waals surface area (Å²) in [7, 11) is 0. The van der Waals surface area contributed by atoms with Gasteiger partial charge in [-0.15, -0.1) is 0 Å². The van der Waals surface area contributed by atoms with E-state index in [1.807, 2.05) is 0 Å². The Hall–Kier alpha value is -2.63. The van der Waals surface area contributed by atoms with Crippen molar-refractivity contribution < 1.29 is 28.6 Å². The summed E-state index contributed by atoms with van der Waals surface area (Å²) >= 11 is 0. The molecule has 0 N–H and O–H groups in total. The van der Waals surface area contributed by atoms with Gasteiger partial charge in [-0.1, -0.05) is 198 Å². The topological polar surface area (TPSA) is 78.9 Å². The largest absolute Gasteiger partial charge is 0.462 e. The van der Waals surface area contributed by atoms with E-state index < -0.39 is 6.10 Å². The highest BCUT2D eigenvalue weighted by Gasteiger charge is 2.19. The molecule has 0 aromatic carbocycles. The summed E-state index contributed by atoms with van der Waals surface area (Å²) < 4.78 is 16.7. The first-order chi connectivity index (χ1) is 28.5. The molecule has 0 radical (unpaired) electrons. The quantitative estimate of drug-likeness (QED) is 0.0264. The maximum Gasteiger partial charge on any atom is 0.306 e. The van der Waals surface area contributed by atoms with Crippen LogP contribution in [0, 0.1) is 0 Å². The number of hydrogen-bond donors (Lipinski definition) is 0. The lowest BCUT2D eigenvalue weighted by atomic mass is 10.1. The Morgan fingerprint density at radius 1 is 0.362 bits per heavy atom. The fourth-order valence-corrected chi connectivity index (χ4v) is 6.86. The van der Waals surface area contributed by atoms with Gasteiger partial charge in [0.1, 0.15) is 13.2 Å². The molecule has 58 heavy (non-hydrogen) atoms. The summed E-state index contributed by atoms with van der Waals surface area (Å²) in [4.78, 5) is 37.7. The maximum atomic E-state index is 12.7. The van der Waals surface area contributed by atoms with E-state index in [-0.39, 0.29) is 31.1 Å². The fourth-order valence-electron chi connectivity index (χ4n) is 6.86. The molecule has 0 saturated carbocycles. The first-order valence-electron chi connectivity index (χ1n) is 24.6. The molecule has 6 heteroatoms. The molecule has 0 aromatic heterocycles. The lowest BCUT2D eigenvalue weighted by Crippen LogP contribution is -2.30. The van der Waals surface area contributed by atoms with Crippen molar-refractivity contribution in [3.05, 3.63) is 48.6 Å². The average Bonchev–Trinajstić information content (AvgIpc) is 3.22. The highest BCUT2D eigenvalue weighted by Crippen LogP contribution is 2.14. The lowest BCUT2D eigenvalue weighted by molar-refractivity contribution is -0.167. The smallest absolute Gasteiger partial charge is 0.306 e. The van der Waals surface area contributed by atoms with Crippen LogP contribution in [-0.4, -0.2) is 37.2 Å². The highest BCUT2D eigenvalue weighted by atomic mass is 16.6. The molecule has 6 nitrogen and oxygen atoms in total. The Bertz CT molecular complexity index is 1030. The number of ether oxygens (including phenoxy) is 3. The van der Waals surface area contributed by atoms with E-state index in [1.165, 1.54) is 116 Å². The van der Waals surface area contributed by atoms with Crippen LogP contribution in [0.25, 0.3) is 0 Å². The Labute approximate surface area is 358 Å². The van der Waals surface area contributed by atoms with Gasteiger partial charge in [0.05, 0.1) is 0 Å². The number of allylic oxidation sites excluding steroid dienone is 8. The minimum atomic E-state index is -0.776. The predicted octanol–water partition coefficient (Wildman–Crippen LogP) is 15.9. The third-order valence-corrected chi connectivity index (χ3v) is 10.6. The molecule has 0 spiro atoms. The number of esters is 3. The van der Waals surface area contributed by atoms with E-state index in [1.54, 1.807) is 0 Å². The van der Waals surface area contributed by atoms with Gasteiger partial charge in [-0.2, -0.15) is 0 Å². The van der Waals surface area contributed by atoms with Gasteiger partial charge in [0.25, 0.3) is 0 Å². The standard InChI is InChI=1S/C52H92O6/c1-4-7-10-13-16-18-20-22-24-26-28-29-31-33-36-39-42-45-51(54)57-48-49(47-56-50(53)44-41-38-35-15-12-9-6-3)58-52(55)46-43-40-37-34-32-30-27-25-23-21-19-17-14-11-8-5-2/h7,10,16,18,22,24-25,27,49H,4-6,8-9,11-15,17,19-21,23,26,28-48H2,1-3H3/b10-7-,18-16-,24-22-,27-25-. The van der Waals surface area contributed by atoms with E-state index in [9.17, 15) is 14.4 Å². The van der Waals surface area contributed by atoms with Crippen LogP contribution in [-0.2, 0) is 28.6 Å². The molecule has 0 fully saturated rings. The number of rotatable bonds is 44. The summed E-state index contributed by atoms with van der Waals surface area (Å²) in [5.74, 6) is -0.900. The Kier molecular flexibility index (Phi) is 44.9. The van der Waals surface area contributed by atoms with E-state index in [0.29, 0.717) is 19.3 Å². The third-order valence-electron chi connectivity index (χ3n) is 10.6. The number of unbranched alkanes of at least 4 members (excludes halogenated alkanes) is 25. The highest BCUT2D eigenvalue weighted by molar-refractivity contribution is 5.71. The second-order valence-corrected chi connectivity index (χ2v) is 16.3. The number of carbonyl (C=O) groups is 3. The van der Waals surface area contributed by atoms with E-state index in [4.69, 9.17) is 14.2 Å². The summed E-state index contributed by atoms with van der Waals surface area (Å²) in [5, 5.41) is 0. The molecule has 1 unspecified atom stereocenters. The van der Waals surface area contributed by atoms with Crippen molar-refractivity contribution in [1.29, 1.82) is 0 Å². The lowest BCUT2D eigenvalue weighted by Gasteiger charge is -2.18. The number of carbonyl (C=O) groups excluding carboxylic acids is 3. The van der Waals surface area contributed by atoms with Crippen LogP contribution in [0.15, 0.2) is 48.6 Å². The van der Waals surface area contributed by atoms with Crippen LogP contribution in [0.3, 0.4) is 0 Å². The first kappa shape index (κ1) is 55.4. The molecule has 0 heterocycles. The molecule has 0 bridgehead atoms. The second kappa shape index (κ2) is 47.1. The van der Waals surface area contributed by atoms with E-state index in [2.05, 4.69) is 69.4 Å². The van der Waals surface area contributed by atoms with Crippen LogP contribution in [0.5, 0.6) is 0 Å². The minimum Gasteiger partial charge on any atom is -0.462 e. The Balaban J connectivity index is 4.29. The van der Waals surface area contributed by atoms with Crippen molar-refractivity contribution in [1.82, 2.24) is 0 Å². The molecule has 1 atom stereocenters. The van der Waals surface area contributed by atoms with Crippen molar-refractivity contribution in [2.24, 2.45) is 0 Å². The van der Waals surface area contributed by atoms with Crippen molar-refractivity contribution in [3.8, 4) is 0 Å². The van der Waals surface area contributed by atoms with Crippen LogP contribution in [0.2, 0.25) is 0 Å². The van der Waals surface area contributed by atoms with Crippen molar-refractivity contribution in [3.63, 3.8) is 0 Å². The van der Waals surface area contributed by atoms with Gasteiger partial charge in [-0.3, -0.25) is 14.4 Å².